The van der Waals surface area contributed by atoms with E-state index in [1.54, 1.807) is 7.11 Å². The van der Waals surface area contributed by atoms with E-state index in [4.69, 9.17) is 15.2 Å². The Bertz CT molecular complexity index is 575. The SMILES string of the molecule is COc1ccccc1OCCN(CCCCN)Cc1ccccc1. The average Bonchev–Trinajstić information content (AvgIpc) is 2.63. The second kappa shape index (κ2) is 10.7. The van der Waals surface area contributed by atoms with E-state index in [9.17, 15) is 0 Å². The Morgan fingerprint density at radius 1 is 0.875 bits per heavy atom. The van der Waals surface area contributed by atoms with Crippen LogP contribution in [0, 0.1) is 0 Å². The molecule has 0 amide bonds. The third-order valence-electron chi connectivity index (χ3n) is 3.91. The average molecular weight is 328 g/mol. The number of benzene rings is 2. The van der Waals surface area contributed by atoms with Crippen LogP contribution in [0.15, 0.2) is 54.6 Å². The number of nitrogens with two attached hydrogens (primary N) is 1. The van der Waals surface area contributed by atoms with Crippen molar-refractivity contribution in [2.45, 2.75) is 19.4 Å². The van der Waals surface area contributed by atoms with E-state index >= 15 is 0 Å². The molecule has 130 valence electrons. The highest BCUT2D eigenvalue weighted by Crippen LogP contribution is 2.25. The predicted molar refractivity (Wildman–Crippen MR) is 98.5 cm³/mol. The number of unbranched alkanes of at least 4 members (excludes halogenated alkanes) is 1. The molecule has 24 heavy (non-hydrogen) atoms. The lowest BCUT2D eigenvalue weighted by Gasteiger charge is -2.22. The Kier molecular flexibility index (Phi) is 8.15. The van der Waals surface area contributed by atoms with Gasteiger partial charge in [0.25, 0.3) is 0 Å². The first-order chi connectivity index (χ1) is 11.8. The Balaban J connectivity index is 1.87. The lowest BCUT2D eigenvalue weighted by Crippen LogP contribution is -2.29. The summed E-state index contributed by atoms with van der Waals surface area (Å²) in [6.45, 7) is 4.21. The molecule has 2 rings (SSSR count). The Morgan fingerprint density at radius 2 is 1.58 bits per heavy atom. The molecule has 0 bridgehead atoms. The summed E-state index contributed by atoms with van der Waals surface area (Å²) in [6.07, 6.45) is 2.16. The van der Waals surface area contributed by atoms with Crippen LogP contribution in [-0.4, -0.2) is 38.3 Å². The van der Waals surface area contributed by atoms with Gasteiger partial charge in [0, 0.05) is 13.1 Å². The molecule has 2 aromatic rings. The van der Waals surface area contributed by atoms with Gasteiger partial charge in [-0.2, -0.15) is 0 Å². The van der Waals surface area contributed by atoms with Crippen molar-refractivity contribution in [2.24, 2.45) is 5.73 Å². The first-order valence-corrected chi connectivity index (χ1v) is 8.55. The lowest BCUT2D eigenvalue weighted by atomic mass is 10.2. The van der Waals surface area contributed by atoms with Crippen molar-refractivity contribution in [3.8, 4) is 11.5 Å². The minimum atomic E-state index is 0.635. The van der Waals surface area contributed by atoms with Crippen LogP contribution in [0.2, 0.25) is 0 Å². The van der Waals surface area contributed by atoms with Crippen LogP contribution in [0.1, 0.15) is 18.4 Å². The molecule has 4 nitrogen and oxygen atoms in total. The van der Waals surface area contributed by atoms with Gasteiger partial charge in [-0.05, 0) is 43.6 Å². The molecule has 0 aliphatic heterocycles. The van der Waals surface area contributed by atoms with Gasteiger partial charge in [0.15, 0.2) is 11.5 Å². The van der Waals surface area contributed by atoms with Gasteiger partial charge in [0.2, 0.25) is 0 Å². The molecule has 0 heterocycles. The van der Waals surface area contributed by atoms with Crippen molar-refractivity contribution in [3.63, 3.8) is 0 Å². The predicted octanol–water partition coefficient (Wildman–Crippen LogP) is 3.32. The number of para-hydroxylation sites is 2. The van der Waals surface area contributed by atoms with E-state index in [0.717, 1.165) is 50.5 Å². The number of rotatable bonds is 11. The summed E-state index contributed by atoms with van der Waals surface area (Å²) in [4.78, 5) is 2.42. The molecule has 4 heteroatoms. The highest BCUT2D eigenvalue weighted by atomic mass is 16.5. The molecule has 0 aliphatic rings. The minimum absolute atomic E-state index is 0.635. The molecule has 0 atom stereocenters. The van der Waals surface area contributed by atoms with Gasteiger partial charge >= 0.3 is 0 Å². The van der Waals surface area contributed by atoms with Crippen molar-refractivity contribution in [1.82, 2.24) is 4.90 Å². The fourth-order valence-electron chi connectivity index (χ4n) is 2.61. The Hall–Kier alpha value is -2.04. The van der Waals surface area contributed by atoms with Crippen molar-refractivity contribution in [1.29, 1.82) is 0 Å². The van der Waals surface area contributed by atoms with E-state index in [-0.39, 0.29) is 0 Å². The Morgan fingerprint density at radius 3 is 2.29 bits per heavy atom. The van der Waals surface area contributed by atoms with Gasteiger partial charge in [-0.1, -0.05) is 42.5 Å². The highest BCUT2D eigenvalue weighted by Gasteiger charge is 2.08. The van der Waals surface area contributed by atoms with E-state index in [1.807, 2.05) is 30.3 Å². The van der Waals surface area contributed by atoms with Crippen LogP contribution in [0.3, 0.4) is 0 Å². The molecular weight excluding hydrogens is 300 g/mol. The third kappa shape index (κ3) is 6.22. The third-order valence-corrected chi connectivity index (χ3v) is 3.91. The molecule has 0 aromatic heterocycles. The summed E-state index contributed by atoms with van der Waals surface area (Å²) in [6, 6.07) is 18.3. The summed E-state index contributed by atoms with van der Waals surface area (Å²) in [5.74, 6) is 1.57. The molecular formula is C20H28N2O2. The topological polar surface area (TPSA) is 47.7 Å². The van der Waals surface area contributed by atoms with Crippen LogP contribution in [-0.2, 0) is 6.54 Å². The molecule has 2 aromatic carbocycles. The molecule has 0 aliphatic carbocycles. The zero-order valence-electron chi connectivity index (χ0n) is 14.5. The lowest BCUT2D eigenvalue weighted by molar-refractivity contribution is 0.196. The van der Waals surface area contributed by atoms with E-state index in [2.05, 4.69) is 29.2 Å². The second-order valence-corrected chi connectivity index (χ2v) is 5.76. The number of ether oxygens (including phenoxy) is 2. The number of methoxy groups -OCH3 is 1. The maximum Gasteiger partial charge on any atom is 0.161 e. The molecule has 0 fully saturated rings. The van der Waals surface area contributed by atoms with Crippen LogP contribution < -0.4 is 15.2 Å². The van der Waals surface area contributed by atoms with E-state index in [0.29, 0.717) is 6.61 Å². The second-order valence-electron chi connectivity index (χ2n) is 5.76. The number of hydrogen-bond donors (Lipinski definition) is 1. The van der Waals surface area contributed by atoms with Crippen molar-refractivity contribution >= 4 is 0 Å². The smallest absolute Gasteiger partial charge is 0.161 e. The van der Waals surface area contributed by atoms with Crippen molar-refractivity contribution in [3.05, 3.63) is 60.2 Å². The van der Waals surface area contributed by atoms with Crippen LogP contribution in [0.5, 0.6) is 11.5 Å². The minimum Gasteiger partial charge on any atom is -0.493 e. The van der Waals surface area contributed by atoms with Gasteiger partial charge in [0.05, 0.1) is 7.11 Å². The van der Waals surface area contributed by atoms with Crippen molar-refractivity contribution in [2.75, 3.05) is 33.4 Å². The fraction of sp³-hybridized carbons (Fsp3) is 0.400. The van der Waals surface area contributed by atoms with Gasteiger partial charge in [-0.15, -0.1) is 0 Å². The standard InChI is InChI=1S/C20H28N2O2/c1-23-19-11-5-6-12-20(19)24-16-15-22(14-8-7-13-21)17-18-9-3-2-4-10-18/h2-6,9-12H,7-8,13-17,21H2,1H3. The zero-order valence-corrected chi connectivity index (χ0v) is 14.5. The van der Waals surface area contributed by atoms with Gasteiger partial charge in [-0.3, -0.25) is 4.90 Å². The quantitative estimate of drug-likeness (QED) is 0.643. The molecule has 0 saturated carbocycles. The normalized spacial score (nSPS) is 10.8. The summed E-state index contributed by atoms with van der Waals surface area (Å²) in [5, 5.41) is 0. The first-order valence-electron chi connectivity index (χ1n) is 8.55. The summed E-state index contributed by atoms with van der Waals surface area (Å²) < 4.78 is 11.2. The van der Waals surface area contributed by atoms with Gasteiger partial charge < -0.3 is 15.2 Å². The van der Waals surface area contributed by atoms with Crippen LogP contribution in [0.25, 0.3) is 0 Å². The summed E-state index contributed by atoms with van der Waals surface area (Å²) in [7, 11) is 1.66. The van der Waals surface area contributed by atoms with E-state index < -0.39 is 0 Å². The van der Waals surface area contributed by atoms with Crippen molar-refractivity contribution < 1.29 is 9.47 Å². The molecule has 0 spiro atoms. The Labute approximate surface area is 145 Å². The maximum atomic E-state index is 5.91. The van der Waals surface area contributed by atoms with E-state index in [1.165, 1.54) is 5.56 Å². The molecule has 0 unspecified atom stereocenters. The molecule has 2 N–H and O–H groups in total. The fourth-order valence-corrected chi connectivity index (χ4v) is 2.61. The first kappa shape index (κ1) is 18.3. The summed E-state index contributed by atoms with van der Waals surface area (Å²) >= 11 is 0. The van der Waals surface area contributed by atoms with Crippen LogP contribution >= 0.6 is 0 Å². The maximum absolute atomic E-state index is 5.91. The van der Waals surface area contributed by atoms with Gasteiger partial charge in [-0.25, -0.2) is 0 Å². The zero-order chi connectivity index (χ0) is 17.0. The summed E-state index contributed by atoms with van der Waals surface area (Å²) in [5.41, 5.74) is 6.94. The highest BCUT2D eigenvalue weighted by molar-refractivity contribution is 5.39. The van der Waals surface area contributed by atoms with Gasteiger partial charge in [0.1, 0.15) is 6.61 Å². The van der Waals surface area contributed by atoms with Crippen LogP contribution in [0.4, 0.5) is 0 Å². The molecule has 0 radical (unpaired) electrons. The number of hydrogen-bond acceptors (Lipinski definition) is 4. The largest absolute Gasteiger partial charge is 0.493 e. The molecule has 0 saturated heterocycles. The number of nitrogens with zero attached hydrogens (tertiary/aromatic N) is 1. The monoisotopic (exact) mass is 328 g/mol.